The topological polar surface area (TPSA) is 20.3 Å². The lowest BCUT2D eigenvalue weighted by atomic mass is 10.1. The molecule has 0 radical (unpaired) electrons. The molecule has 2 nitrogen and oxygen atoms in total. The van der Waals surface area contributed by atoms with Crippen LogP contribution in [0.3, 0.4) is 0 Å². The van der Waals surface area contributed by atoms with Crippen molar-refractivity contribution in [2.45, 2.75) is 6.92 Å². The maximum absolute atomic E-state index is 10.8. The van der Waals surface area contributed by atoms with Crippen molar-refractivity contribution >= 4 is 12.0 Å². The summed E-state index contributed by atoms with van der Waals surface area (Å²) in [4.78, 5) is 12.8. The molecule has 0 atom stereocenters. The summed E-state index contributed by atoms with van der Waals surface area (Å²) in [5, 5.41) is 0. The largest absolute Gasteiger partial charge is 0.370 e. The Hall–Kier alpha value is -1.57. The molecule has 0 saturated carbocycles. The van der Waals surface area contributed by atoms with Gasteiger partial charge < -0.3 is 4.90 Å². The molecule has 1 aromatic rings. The monoisotopic (exact) mass is 189 g/mol. The van der Waals surface area contributed by atoms with E-state index in [2.05, 4.69) is 6.58 Å². The molecule has 0 aromatic heterocycles. The number of rotatable bonds is 4. The minimum Gasteiger partial charge on any atom is -0.370 e. The van der Waals surface area contributed by atoms with Gasteiger partial charge in [-0.05, 0) is 19.1 Å². The third kappa shape index (κ3) is 2.22. The van der Waals surface area contributed by atoms with Crippen LogP contribution < -0.4 is 4.90 Å². The van der Waals surface area contributed by atoms with E-state index in [-0.39, 0.29) is 0 Å². The van der Waals surface area contributed by atoms with E-state index in [0.29, 0.717) is 0 Å². The first-order chi connectivity index (χ1) is 6.69. The van der Waals surface area contributed by atoms with Crippen LogP contribution in [0.2, 0.25) is 0 Å². The zero-order valence-electron chi connectivity index (χ0n) is 8.66. The lowest BCUT2D eigenvalue weighted by molar-refractivity contribution is 0.112. The SMILES string of the molecule is C=CCN(C)c1ccc(C)cc1C=O. The van der Waals surface area contributed by atoms with Crippen molar-refractivity contribution in [2.75, 3.05) is 18.5 Å². The molecule has 0 amide bonds. The second-order valence-corrected chi connectivity index (χ2v) is 3.35. The highest BCUT2D eigenvalue weighted by atomic mass is 16.1. The van der Waals surface area contributed by atoms with Crippen LogP contribution in [0.1, 0.15) is 15.9 Å². The minimum absolute atomic E-state index is 0.731. The molecule has 0 aliphatic carbocycles. The third-order valence-corrected chi connectivity index (χ3v) is 2.12. The molecular weight excluding hydrogens is 174 g/mol. The van der Waals surface area contributed by atoms with Gasteiger partial charge in [-0.25, -0.2) is 0 Å². The van der Waals surface area contributed by atoms with Gasteiger partial charge in [0.15, 0.2) is 6.29 Å². The molecule has 1 rings (SSSR count). The van der Waals surface area contributed by atoms with Crippen molar-refractivity contribution in [1.29, 1.82) is 0 Å². The average Bonchev–Trinajstić information content (AvgIpc) is 2.17. The van der Waals surface area contributed by atoms with Crippen LogP contribution in [0.5, 0.6) is 0 Å². The summed E-state index contributed by atoms with van der Waals surface area (Å²) in [6.07, 6.45) is 2.70. The first-order valence-corrected chi connectivity index (χ1v) is 4.57. The van der Waals surface area contributed by atoms with Gasteiger partial charge in [0.1, 0.15) is 0 Å². The molecule has 0 unspecified atom stereocenters. The maximum atomic E-state index is 10.8. The van der Waals surface area contributed by atoms with Crippen molar-refractivity contribution in [1.82, 2.24) is 0 Å². The summed E-state index contributed by atoms with van der Waals surface area (Å²) >= 11 is 0. The number of benzene rings is 1. The van der Waals surface area contributed by atoms with Crippen molar-refractivity contribution in [3.05, 3.63) is 42.0 Å². The number of carbonyl (C=O) groups excluding carboxylic acids is 1. The molecule has 74 valence electrons. The van der Waals surface area contributed by atoms with E-state index in [1.165, 1.54) is 0 Å². The quantitative estimate of drug-likeness (QED) is 0.535. The highest BCUT2D eigenvalue weighted by molar-refractivity contribution is 5.84. The Labute approximate surface area is 84.9 Å². The van der Waals surface area contributed by atoms with Crippen molar-refractivity contribution in [3.63, 3.8) is 0 Å². The number of likely N-dealkylation sites (N-methyl/N-ethyl adjacent to an activating group) is 1. The number of carbonyl (C=O) groups is 1. The Balaban J connectivity index is 3.06. The Morgan fingerprint density at radius 3 is 2.79 bits per heavy atom. The van der Waals surface area contributed by atoms with Crippen molar-refractivity contribution in [2.24, 2.45) is 0 Å². The highest BCUT2D eigenvalue weighted by Gasteiger charge is 2.05. The highest BCUT2D eigenvalue weighted by Crippen LogP contribution is 2.18. The number of hydrogen-bond acceptors (Lipinski definition) is 2. The minimum atomic E-state index is 0.731. The first-order valence-electron chi connectivity index (χ1n) is 4.57. The summed E-state index contributed by atoms with van der Waals surface area (Å²) in [7, 11) is 1.94. The van der Waals surface area contributed by atoms with Gasteiger partial charge in [-0.15, -0.1) is 6.58 Å². The predicted octanol–water partition coefficient (Wildman–Crippen LogP) is 2.43. The lowest BCUT2D eigenvalue weighted by Crippen LogP contribution is -2.18. The van der Waals surface area contributed by atoms with E-state index in [1.807, 2.05) is 43.1 Å². The smallest absolute Gasteiger partial charge is 0.152 e. The van der Waals surface area contributed by atoms with Crippen LogP contribution in [-0.2, 0) is 0 Å². The number of hydrogen-bond donors (Lipinski definition) is 0. The zero-order chi connectivity index (χ0) is 10.6. The molecular formula is C12H15NO. The van der Waals surface area contributed by atoms with Crippen LogP contribution >= 0.6 is 0 Å². The van der Waals surface area contributed by atoms with E-state index in [0.717, 1.165) is 29.6 Å². The van der Waals surface area contributed by atoms with Gasteiger partial charge in [0, 0.05) is 24.8 Å². The predicted molar refractivity (Wildman–Crippen MR) is 60.0 cm³/mol. The zero-order valence-corrected chi connectivity index (χ0v) is 8.66. The van der Waals surface area contributed by atoms with E-state index < -0.39 is 0 Å². The standard InChI is InChI=1S/C12H15NO/c1-4-7-13(3)12-6-5-10(2)8-11(12)9-14/h4-6,8-9H,1,7H2,2-3H3. The lowest BCUT2D eigenvalue weighted by Gasteiger charge is -2.19. The van der Waals surface area contributed by atoms with E-state index in [4.69, 9.17) is 0 Å². The molecule has 0 aliphatic heterocycles. The van der Waals surface area contributed by atoms with Crippen LogP contribution in [0, 0.1) is 6.92 Å². The molecule has 0 N–H and O–H groups in total. The molecule has 0 bridgehead atoms. The van der Waals surface area contributed by atoms with Gasteiger partial charge in [0.05, 0.1) is 0 Å². The molecule has 0 fully saturated rings. The summed E-state index contributed by atoms with van der Waals surface area (Å²) in [5.74, 6) is 0. The second kappa shape index (κ2) is 4.61. The Kier molecular flexibility index (Phi) is 3.46. The molecule has 1 aromatic carbocycles. The number of aldehydes is 1. The Morgan fingerprint density at radius 2 is 2.21 bits per heavy atom. The maximum Gasteiger partial charge on any atom is 0.152 e. The van der Waals surface area contributed by atoms with E-state index >= 15 is 0 Å². The van der Waals surface area contributed by atoms with Crippen LogP contribution in [0.15, 0.2) is 30.9 Å². The number of anilines is 1. The van der Waals surface area contributed by atoms with E-state index in [1.54, 1.807) is 0 Å². The summed E-state index contributed by atoms with van der Waals surface area (Å²) in [6, 6.07) is 5.85. The van der Waals surface area contributed by atoms with Gasteiger partial charge in [0.25, 0.3) is 0 Å². The number of nitrogens with zero attached hydrogens (tertiary/aromatic N) is 1. The number of aryl methyl sites for hydroxylation is 1. The molecule has 2 heteroatoms. The summed E-state index contributed by atoms with van der Waals surface area (Å²) in [5.41, 5.74) is 2.78. The van der Waals surface area contributed by atoms with Gasteiger partial charge >= 0.3 is 0 Å². The average molecular weight is 189 g/mol. The molecule has 0 spiro atoms. The fourth-order valence-electron chi connectivity index (χ4n) is 1.41. The molecule has 0 heterocycles. The summed E-state index contributed by atoms with van der Waals surface area (Å²) in [6.45, 7) is 6.39. The third-order valence-electron chi connectivity index (χ3n) is 2.12. The van der Waals surface area contributed by atoms with Crippen molar-refractivity contribution in [3.8, 4) is 0 Å². The Bertz CT molecular complexity index is 344. The second-order valence-electron chi connectivity index (χ2n) is 3.35. The Morgan fingerprint density at radius 1 is 1.50 bits per heavy atom. The fourth-order valence-corrected chi connectivity index (χ4v) is 1.41. The van der Waals surface area contributed by atoms with Gasteiger partial charge in [-0.2, -0.15) is 0 Å². The molecule has 0 aliphatic rings. The van der Waals surface area contributed by atoms with Crippen molar-refractivity contribution < 1.29 is 4.79 Å². The van der Waals surface area contributed by atoms with Crippen LogP contribution in [0.4, 0.5) is 5.69 Å². The molecule has 0 saturated heterocycles. The first kappa shape index (κ1) is 10.5. The molecule has 14 heavy (non-hydrogen) atoms. The van der Waals surface area contributed by atoms with Gasteiger partial charge in [-0.1, -0.05) is 17.7 Å². The normalized spacial score (nSPS) is 9.57. The fraction of sp³-hybridized carbons (Fsp3) is 0.250. The van der Waals surface area contributed by atoms with E-state index in [9.17, 15) is 4.79 Å². The van der Waals surface area contributed by atoms with Crippen LogP contribution in [0.25, 0.3) is 0 Å². The van der Waals surface area contributed by atoms with Crippen LogP contribution in [-0.4, -0.2) is 19.9 Å². The van der Waals surface area contributed by atoms with Gasteiger partial charge in [-0.3, -0.25) is 4.79 Å². The van der Waals surface area contributed by atoms with Gasteiger partial charge in [0.2, 0.25) is 0 Å². The summed E-state index contributed by atoms with van der Waals surface area (Å²) < 4.78 is 0.